The van der Waals surface area contributed by atoms with Crippen molar-refractivity contribution in [1.29, 1.82) is 0 Å². The molecule has 184 valence electrons. The number of rotatable bonds is 6. The van der Waals surface area contributed by atoms with Crippen molar-refractivity contribution in [2.24, 2.45) is 0 Å². The van der Waals surface area contributed by atoms with Crippen LogP contribution in [0.25, 0.3) is 0 Å². The van der Waals surface area contributed by atoms with Crippen molar-refractivity contribution in [3.05, 3.63) is 82.4 Å². The average molecular weight is 496 g/mol. The molecule has 3 rings (SSSR count). The highest BCUT2D eigenvalue weighted by Crippen LogP contribution is 2.38. The summed E-state index contributed by atoms with van der Waals surface area (Å²) in [5, 5.41) is 11.1. The Labute approximate surface area is 195 Å². The Bertz CT molecular complexity index is 1290. The zero-order valence-corrected chi connectivity index (χ0v) is 18.1. The predicted octanol–water partition coefficient (Wildman–Crippen LogP) is 5.46. The van der Waals surface area contributed by atoms with Crippen molar-refractivity contribution in [3.63, 3.8) is 0 Å². The molecule has 35 heavy (non-hydrogen) atoms. The largest absolute Gasteiger partial charge is 0.496 e. The van der Waals surface area contributed by atoms with Gasteiger partial charge in [0.15, 0.2) is 5.82 Å². The number of benzene rings is 3. The van der Waals surface area contributed by atoms with Crippen LogP contribution >= 0.6 is 0 Å². The van der Waals surface area contributed by atoms with Gasteiger partial charge in [-0.1, -0.05) is 0 Å². The number of methoxy groups -OCH3 is 1. The summed E-state index contributed by atoms with van der Waals surface area (Å²) >= 11 is 0. The lowest BCUT2D eigenvalue weighted by atomic mass is 10.1. The van der Waals surface area contributed by atoms with E-state index in [4.69, 9.17) is 14.7 Å². The fourth-order valence-corrected chi connectivity index (χ4v) is 3.14. The van der Waals surface area contributed by atoms with E-state index in [0.29, 0.717) is 6.07 Å². The number of halogens is 5. The third-order valence-electron chi connectivity index (χ3n) is 4.80. The summed E-state index contributed by atoms with van der Waals surface area (Å²) in [6.45, 7) is 1.45. The molecule has 12 heteroatoms. The summed E-state index contributed by atoms with van der Waals surface area (Å²) in [5.74, 6) is -5.41. The fourth-order valence-electron chi connectivity index (χ4n) is 3.14. The Balaban J connectivity index is 2.07. The molecular weight excluding hydrogens is 479 g/mol. The minimum absolute atomic E-state index is 0.00982. The smallest absolute Gasteiger partial charge is 0.419 e. The van der Waals surface area contributed by atoms with Gasteiger partial charge in [0, 0.05) is 5.69 Å². The maximum absolute atomic E-state index is 15.0. The first-order valence-corrected chi connectivity index (χ1v) is 9.73. The first kappa shape index (κ1) is 25.4. The van der Waals surface area contributed by atoms with E-state index in [0.717, 1.165) is 24.3 Å². The first-order chi connectivity index (χ1) is 16.5. The number of carbonyl (C=O) groups is 2. The van der Waals surface area contributed by atoms with Gasteiger partial charge < -0.3 is 14.8 Å². The number of amides is 2. The third kappa shape index (κ3) is 5.49. The second kappa shape index (κ2) is 9.97. The van der Waals surface area contributed by atoms with Gasteiger partial charge >= 0.3 is 6.18 Å². The van der Waals surface area contributed by atoms with Gasteiger partial charge in [0.1, 0.15) is 28.6 Å². The molecule has 0 radical (unpaired) electrons. The molecule has 0 bridgehead atoms. The van der Waals surface area contributed by atoms with Crippen LogP contribution in [0.5, 0.6) is 17.2 Å². The number of alkyl halides is 3. The first-order valence-electron chi connectivity index (χ1n) is 9.73. The zero-order valence-electron chi connectivity index (χ0n) is 18.1. The second-order valence-corrected chi connectivity index (χ2v) is 7.12. The molecule has 3 aromatic carbocycles. The van der Waals surface area contributed by atoms with Crippen molar-refractivity contribution in [2.75, 3.05) is 12.4 Å². The van der Waals surface area contributed by atoms with E-state index in [2.05, 4.69) is 5.32 Å². The number of ether oxygens (including phenoxy) is 2. The van der Waals surface area contributed by atoms with E-state index in [1.807, 2.05) is 0 Å². The molecule has 0 heterocycles. The molecule has 3 N–H and O–H groups in total. The highest BCUT2D eigenvalue weighted by atomic mass is 19.4. The molecule has 0 fully saturated rings. The van der Waals surface area contributed by atoms with Crippen LogP contribution in [0, 0.1) is 18.6 Å². The van der Waals surface area contributed by atoms with E-state index in [1.165, 1.54) is 37.7 Å². The summed E-state index contributed by atoms with van der Waals surface area (Å²) in [5.41, 5.74) is -1.51. The molecule has 3 aromatic rings. The number of carbonyl (C=O) groups excluding carboxylic acids is 2. The molecule has 0 aliphatic rings. The molecule has 0 aromatic heterocycles. The van der Waals surface area contributed by atoms with E-state index in [-0.39, 0.29) is 28.3 Å². The number of hydrogen-bond donors (Lipinski definition) is 3. The quantitative estimate of drug-likeness (QED) is 0.239. The van der Waals surface area contributed by atoms with E-state index < -0.39 is 46.5 Å². The van der Waals surface area contributed by atoms with Crippen molar-refractivity contribution < 1.29 is 46.2 Å². The van der Waals surface area contributed by atoms with Crippen LogP contribution in [0.1, 0.15) is 31.8 Å². The van der Waals surface area contributed by atoms with Crippen molar-refractivity contribution in [2.45, 2.75) is 13.1 Å². The van der Waals surface area contributed by atoms with E-state index in [9.17, 15) is 31.5 Å². The van der Waals surface area contributed by atoms with Crippen molar-refractivity contribution >= 4 is 17.5 Å². The van der Waals surface area contributed by atoms with Crippen LogP contribution in [0.15, 0.2) is 48.5 Å². The molecular formula is C23H17F5N2O5. The summed E-state index contributed by atoms with van der Waals surface area (Å²) in [6, 6.07) is 7.99. The lowest BCUT2D eigenvalue weighted by Crippen LogP contribution is -2.21. The van der Waals surface area contributed by atoms with Crippen molar-refractivity contribution in [1.82, 2.24) is 5.48 Å². The second-order valence-electron chi connectivity index (χ2n) is 7.12. The Morgan fingerprint density at radius 1 is 0.914 bits per heavy atom. The topological polar surface area (TPSA) is 96.9 Å². The van der Waals surface area contributed by atoms with Gasteiger partial charge in [0.25, 0.3) is 11.8 Å². The Morgan fingerprint density at radius 3 is 2.17 bits per heavy atom. The van der Waals surface area contributed by atoms with Gasteiger partial charge in [-0.25, -0.2) is 14.3 Å². The molecule has 0 aliphatic carbocycles. The molecule has 0 unspecified atom stereocenters. The lowest BCUT2D eigenvalue weighted by Gasteiger charge is -2.17. The van der Waals surface area contributed by atoms with E-state index in [1.54, 1.807) is 0 Å². The van der Waals surface area contributed by atoms with Crippen LogP contribution in [0.3, 0.4) is 0 Å². The van der Waals surface area contributed by atoms with Gasteiger partial charge in [0.2, 0.25) is 0 Å². The van der Waals surface area contributed by atoms with Gasteiger partial charge in [-0.15, -0.1) is 0 Å². The standard InChI is InChI=1S/C23H17F5N2O5/c1-11-9-12(24)3-6-16(11)35-18-8-5-15(23(26,27)28)20(25)19(18)22(32)29-13-4-7-17(34-2)14(10-13)21(31)30-33/h3-10,33H,1-2H3,(H,29,32)(H,30,31). The summed E-state index contributed by atoms with van der Waals surface area (Å²) in [6.07, 6.45) is -5.12. The SMILES string of the molecule is COc1ccc(NC(=O)c2c(Oc3ccc(F)cc3C)ccc(C(F)(F)F)c2F)cc1C(=O)NO. The number of nitrogens with one attached hydrogen (secondary N) is 2. The lowest BCUT2D eigenvalue weighted by molar-refractivity contribution is -0.140. The molecule has 0 saturated carbocycles. The monoisotopic (exact) mass is 496 g/mol. The Morgan fingerprint density at radius 2 is 1.57 bits per heavy atom. The highest BCUT2D eigenvalue weighted by molar-refractivity contribution is 6.07. The van der Waals surface area contributed by atoms with Crippen molar-refractivity contribution in [3.8, 4) is 17.2 Å². The minimum atomic E-state index is -5.12. The number of aryl methyl sites for hydroxylation is 1. The maximum atomic E-state index is 15.0. The average Bonchev–Trinajstić information content (AvgIpc) is 2.79. The molecule has 0 atom stereocenters. The normalized spacial score (nSPS) is 11.1. The van der Waals surface area contributed by atoms with Crippen LogP contribution in [-0.2, 0) is 6.18 Å². The fraction of sp³-hybridized carbons (Fsp3) is 0.130. The number of hydroxylamine groups is 1. The molecule has 0 spiro atoms. The van der Waals surface area contributed by atoms with Gasteiger partial charge in [0.05, 0.1) is 18.2 Å². The predicted molar refractivity (Wildman–Crippen MR) is 113 cm³/mol. The summed E-state index contributed by atoms with van der Waals surface area (Å²) < 4.78 is 78.8. The zero-order chi connectivity index (χ0) is 25.9. The van der Waals surface area contributed by atoms with Crippen LogP contribution in [0.2, 0.25) is 0 Å². The van der Waals surface area contributed by atoms with Crippen LogP contribution < -0.4 is 20.3 Å². The molecule has 0 aliphatic heterocycles. The Hall–Kier alpha value is -4.19. The highest BCUT2D eigenvalue weighted by Gasteiger charge is 2.37. The van der Waals surface area contributed by atoms with Crippen LogP contribution in [0.4, 0.5) is 27.6 Å². The maximum Gasteiger partial charge on any atom is 0.419 e. The van der Waals surface area contributed by atoms with Gasteiger partial charge in [-0.05, 0) is 61.0 Å². The minimum Gasteiger partial charge on any atom is -0.496 e. The third-order valence-corrected chi connectivity index (χ3v) is 4.80. The number of hydrogen-bond acceptors (Lipinski definition) is 5. The molecule has 0 saturated heterocycles. The Kier molecular flexibility index (Phi) is 7.25. The van der Waals surface area contributed by atoms with Crippen LogP contribution in [-0.4, -0.2) is 24.1 Å². The number of anilines is 1. The summed E-state index contributed by atoms with van der Waals surface area (Å²) in [4.78, 5) is 24.8. The molecule has 2 amide bonds. The molecule has 7 nitrogen and oxygen atoms in total. The van der Waals surface area contributed by atoms with Gasteiger partial charge in [-0.3, -0.25) is 14.8 Å². The van der Waals surface area contributed by atoms with E-state index >= 15 is 0 Å². The van der Waals surface area contributed by atoms with Gasteiger partial charge in [-0.2, -0.15) is 13.2 Å². The summed E-state index contributed by atoms with van der Waals surface area (Å²) in [7, 11) is 1.24.